The second-order valence-corrected chi connectivity index (χ2v) is 7.15. The molecule has 1 aromatic heterocycles. The van der Waals surface area contributed by atoms with Crippen LogP contribution in [0.3, 0.4) is 0 Å². The molecule has 5 heteroatoms. The minimum absolute atomic E-state index is 0.751. The van der Waals surface area contributed by atoms with E-state index >= 15 is 0 Å². The predicted octanol–water partition coefficient (Wildman–Crippen LogP) is 1.78. The van der Waals surface area contributed by atoms with Gasteiger partial charge >= 0.3 is 0 Å². The molecule has 0 amide bonds. The molecule has 2 fully saturated rings. The number of hydrogen-bond acceptors (Lipinski definition) is 5. The van der Waals surface area contributed by atoms with Crippen LogP contribution in [0.5, 0.6) is 0 Å². The quantitative estimate of drug-likeness (QED) is 0.936. The van der Waals surface area contributed by atoms with Gasteiger partial charge in [-0.15, -0.1) is 11.3 Å². The first kappa shape index (κ1) is 13.6. The maximum absolute atomic E-state index is 4.77. The van der Waals surface area contributed by atoms with Crippen molar-refractivity contribution >= 4 is 21.6 Å². The van der Waals surface area contributed by atoms with Gasteiger partial charge in [0.25, 0.3) is 0 Å². The molecule has 4 rings (SSSR count). The Morgan fingerprint density at radius 2 is 2.05 bits per heavy atom. The molecule has 2 aliphatic heterocycles. The van der Waals surface area contributed by atoms with Gasteiger partial charge in [0.2, 0.25) is 0 Å². The van der Waals surface area contributed by atoms with Crippen molar-refractivity contribution in [3.63, 3.8) is 0 Å². The van der Waals surface area contributed by atoms with E-state index in [-0.39, 0.29) is 0 Å². The monoisotopic (exact) mass is 302 g/mol. The topological polar surface area (TPSA) is 31.4 Å². The molecule has 0 radical (unpaired) electrons. The molecule has 2 aliphatic rings. The molecule has 1 N–H and O–H groups in total. The van der Waals surface area contributed by atoms with Crippen LogP contribution in [0, 0.1) is 0 Å². The number of nitrogens with zero attached hydrogens (tertiary/aromatic N) is 3. The number of para-hydroxylation sites is 1. The third kappa shape index (κ3) is 2.97. The van der Waals surface area contributed by atoms with Crippen LogP contribution in [0.2, 0.25) is 0 Å². The van der Waals surface area contributed by atoms with Crippen LogP contribution in [-0.2, 0) is 6.54 Å². The second-order valence-electron chi connectivity index (χ2n) is 6.04. The van der Waals surface area contributed by atoms with Crippen LogP contribution in [0.15, 0.2) is 24.3 Å². The Labute approximate surface area is 129 Å². The second kappa shape index (κ2) is 6.01. The van der Waals surface area contributed by atoms with E-state index < -0.39 is 0 Å². The molecule has 4 nitrogen and oxygen atoms in total. The summed E-state index contributed by atoms with van der Waals surface area (Å²) in [5.74, 6) is 0. The van der Waals surface area contributed by atoms with E-state index in [9.17, 15) is 0 Å². The van der Waals surface area contributed by atoms with Crippen molar-refractivity contribution in [3.05, 3.63) is 29.3 Å². The summed E-state index contributed by atoms with van der Waals surface area (Å²) in [6, 6.07) is 9.21. The largest absolute Gasteiger partial charge is 0.314 e. The first-order chi connectivity index (χ1) is 10.4. The van der Waals surface area contributed by atoms with Gasteiger partial charge in [-0.2, -0.15) is 0 Å². The number of aromatic nitrogens is 1. The van der Waals surface area contributed by atoms with Crippen molar-refractivity contribution in [2.24, 2.45) is 0 Å². The lowest BCUT2D eigenvalue weighted by Gasteiger charge is -2.32. The van der Waals surface area contributed by atoms with Crippen LogP contribution >= 0.6 is 11.3 Å². The third-order valence-electron chi connectivity index (χ3n) is 4.61. The van der Waals surface area contributed by atoms with Gasteiger partial charge in [0, 0.05) is 45.3 Å². The van der Waals surface area contributed by atoms with Gasteiger partial charge in [-0.05, 0) is 18.6 Å². The number of nitrogens with one attached hydrogen (secondary N) is 1. The van der Waals surface area contributed by atoms with Crippen LogP contribution in [-0.4, -0.2) is 60.1 Å². The van der Waals surface area contributed by atoms with Gasteiger partial charge < -0.3 is 5.32 Å². The summed E-state index contributed by atoms with van der Waals surface area (Å²) in [5.41, 5.74) is 1.15. The highest BCUT2D eigenvalue weighted by Crippen LogP contribution is 2.24. The van der Waals surface area contributed by atoms with Gasteiger partial charge in [-0.25, -0.2) is 4.98 Å². The van der Waals surface area contributed by atoms with Crippen molar-refractivity contribution < 1.29 is 0 Å². The van der Waals surface area contributed by atoms with Crippen molar-refractivity contribution in [2.45, 2.75) is 19.0 Å². The zero-order valence-electron chi connectivity index (χ0n) is 12.3. The van der Waals surface area contributed by atoms with E-state index in [0.29, 0.717) is 0 Å². The van der Waals surface area contributed by atoms with Crippen LogP contribution in [0.4, 0.5) is 0 Å². The molecular formula is C16H22N4S. The molecule has 0 spiro atoms. The maximum Gasteiger partial charge on any atom is 0.108 e. The molecule has 0 bridgehead atoms. The number of hydrogen-bond donors (Lipinski definition) is 1. The van der Waals surface area contributed by atoms with Crippen molar-refractivity contribution in [1.82, 2.24) is 20.1 Å². The molecule has 1 aromatic carbocycles. The standard InChI is InChI=1S/C16H22N4S/c1-2-4-15-14(3-1)18-16(21-15)12-19-8-5-13(11-19)20-9-6-17-7-10-20/h1-4,13,17H,5-12H2. The highest BCUT2D eigenvalue weighted by molar-refractivity contribution is 7.18. The van der Waals surface area contributed by atoms with Gasteiger partial charge in [0.15, 0.2) is 0 Å². The third-order valence-corrected chi connectivity index (χ3v) is 5.63. The van der Waals surface area contributed by atoms with Crippen LogP contribution < -0.4 is 5.32 Å². The molecule has 2 saturated heterocycles. The molecular weight excluding hydrogens is 280 g/mol. The average Bonchev–Trinajstić information content (AvgIpc) is 3.14. The van der Waals surface area contributed by atoms with E-state index in [1.54, 1.807) is 0 Å². The summed E-state index contributed by atoms with van der Waals surface area (Å²) >= 11 is 1.84. The summed E-state index contributed by atoms with van der Waals surface area (Å²) in [4.78, 5) is 10.0. The number of benzene rings is 1. The molecule has 3 heterocycles. The Kier molecular flexibility index (Phi) is 3.90. The lowest BCUT2D eigenvalue weighted by molar-refractivity contribution is 0.170. The van der Waals surface area contributed by atoms with E-state index in [0.717, 1.165) is 31.2 Å². The number of fused-ring (bicyclic) bond motifs is 1. The van der Waals surface area contributed by atoms with Crippen molar-refractivity contribution in [2.75, 3.05) is 39.3 Å². The zero-order valence-corrected chi connectivity index (χ0v) is 13.1. The lowest BCUT2D eigenvalue weighted by Crippen LogP contribution is -2.49. The summed E-state index contributed by atoms with van der Waals surface area (Å²) in [6.07, 6.45) is 1.31. The fourth-order valence-electron chi connectivity index (χ4n) is 3.48. The molecule has 2 aromatic rings. The van der Waals surface area contributed by atoms with Crippen molar-refractivity contribution in [3.8, 4) is 0 Å². The van der Waals surface area contributed by atoms with E-state index in [1.165, 1.54) is 42.3 Å². The average molecular weight is 302 g/mol. The first-order valence-electron chi connectivity index (χ1n) is 7.90. The highest BCUT2D eigenvalue weighted by atomic mass is 32.1. The highest BCUT2D eigenvalue weighted by Gasteiger charge is 2.28. The Bertz CT molecular complexity index is 572. The Morgan fingerprint density at radius 1 is 1.19 bits per heavy atom. The Balaban J connectivity index is 1.39. The van der Waals surface area contributed by atoms with E-state index in [1.807, 2.05) is 11.3 Å². The van der Waals surface area contributed by atoms with Crippen LogP contribution in [0.25, 0.3) is 10.2 Å². The minimum Gasteiger partial charge on any atom is -0.314 e. The smallest absolute Gasteiger partial charge is 0.108 e. The van der Waals surface area contributed by atoms with Crippen molar-refractivity contribution in [1.29, 1.82) is 0 Å². The fourth-order valence-corrected chi connectivity index (χ4v) is 4.49. The molecule has 0 aliphatic carbocycles. The van der Waals surface area contributed by atoms with Gasteiger partial charge in [-0.1, -0.05) is 12.1 Å². The fraction of sp³-hybridized carbons (Fsp3) is 0.562. The first-order valence-corrected chi connectivity index (χ1v) is 8.72. The summed E-state index contributed by atoms with van der Waals surface area (Å²) in [6.45, 7) is 8.14. The molecule has 112 valence electrons. The van der Waals surface area contributed by atoms with Gasteiger partial charge in [0.1, 0.15) is 5.01 Å². The summed E-state index contributed by atoms with van der Waals surface area (Å²) in [5, 5.41) is 4.70. The molecule has 0 saturated carbocycles. The van der Waals surface area contributed by atoms with Crippen LogP contribution in [0.1, 0.15) is 11.4 Å². The minimum atomic E-state index is 0.751. The number of thiazole rings is 1. The van der Waals surface area contributed by atoms with Gasteiger partial charge in [-0.3, -0.25) is 9.80 Å². The predicted molar refractivity (Wildman–Crippen MR) is 87.7 cm³/mol. The number of likely N-dealkylation sites (tertiary alicyclic amines) is 1. The Morgan fingerprint density at radius 3 is 2.90 bits per heavy atom. The molecule has 21 heavy (non-hydrogen) atoms. The maximum atomic E-state index is 4.77. The molecule has 1 atom stereocenters. The van der Waals surface area contributed by atoms with Gasteiger partial charge in [0.05, 0.1) is 16.8 Å². The van der Waals surface area contributed by atoms with E-state index in [4.69, 9.17) is 4.98 Å². The zero-order chi connectivity index (χ0) is 14.1. The lowest BCUT2D eigenvalue weighted by atomic mass is 10.2. The number of rotatable bonds is 3. The SMILES string of the molecule is c1ccc2sc(CN3CCC(N4CCNCC4)C3)nc2c1. The Hall–Kier alpha value is -1.01. The van der Waals surface area contributed by atoms with E-state index in [2.05, 4.69) is 39.4 Å². The molecule has 1 unspecified atom stereocenters. The summed E-state index contributed by atoms with van der Waals surface area (Å²) < 4.78 is 1.31. The summed E-state index contributed by atoms with van der Waals surface area (Å²) in [7, 11) is 0. The normalized spacial score (nSPS) is 24.9. The number of piperazine rings is 1.